The van der Waals surface area contributed by atoms with Crippen molar-refractivity contribution in [3.63, 3.8) is 0 Å². The van der Waals surface area contributed by atoms with E-state index in [-0.39, 0.29) is 11.9 Å². The minimum absolute atomic E-state index is 0.118. The molecule has 1 fully saturated rings. The highest BCUT2D eigenvalue weighted by Gasteiger charge is 2.21. The Bertz CT molecular complexity index is 470. The van der Waals surface area contributed by atoms with Crippen LogP contribution in [0.5, 0.6) is 5.75 Å². The Morgan fingerprint density at radius 1 is 1.41 bits per heavy atom. The van der Waals surface area contributed by atoms with Crippen LogP contribution in [0.15, 0.2) is 18.2 Å². The topological polar surface area (TPSA) is 33.7 Å². The molecule has 1 aromatic carbocycles. The van der Waals surface area contributed by atoms with E-state index in [2.05, 4.69) is 17.1 Å². The molecule has 124 valence electrons. The van der Waals surface area contributed by atoms with Gasteiger partial charge in [0, 0.05) is 32.3 Å². The molecule has 1 saturated heterocycles. The highest BCUT2D eigenvalue weighted by molar-refractivity contribution is 5.30. The largest absolute Gasteiger partial charge is 0.494 e. The quantitative estimate of drug-likeness (QED) is 0.839. The summed E-state index contributed by atoms with van der Waals surface area (Å²) in [4.78, 5) is 2.42. The monoisotopic (exact) mass is 310 g/mol. The number of ether oxygens (including phenoxy) is 2. The van der Waals surface area contributed by atoms with Gasteiger partial charge in [-0.3, -0.25) is 4.90 Å². The van der Waals surface area contributed by atoms with E-state index in [1.165, 1.54) is 13.5 Å². The van der Waals surface area contributed by atoms with Crippen molar-refractivity contribution < 1.29 is 13.9 Å². The Hall–Kier alpha value is -1.17. The molecule has 1 aliphatic rings. The van der Waals surface area contributed by atoms with Crippen molar-refractivity contribution in [2.24, 2.45) is 0 Å². The molecule has 1 N–H and O–H groups in total. The van der Waals surface area contributed by atoms with Gasteiger partial charge in [0.1, 0.15) is 0 Å². The van der Waals surface area contributed by atoms with Crippen LogP contribution >= 0.6 is 0 Å². The Balaban J connectivity index is 1.90. The molecule has 0 amide bonds. The molecule has 0 unspecified atom stereocenters. The van der Waals surface area contributed by atoms with Crippen molar-refractivity contribution in [3.05, 3.63) is 29.6 Å². The highest BCUT2D eigenvalue weighted by Crippen LogP contribution is 2.23. The summed E-state index contributed by atoms with van der Waals surface area (Å²) in [7, 11) is 3.22. The first-order valence-electron chi connectivity index (χ1n) is 7.94. The van der Waals surface area contributed by atoms with Crippen molar-refractivity contribution in [3.8, 4) is 5.75 Å². The average Bonchev–Trinajstić information content (AvgIpc) is 2.53. The Morgan fingerprint density at radius 3 is 2.91 bits per heavy atom. The Morgan fingerprint density at radius 2 is 2.23 bits per heavy atom. The molecule has 0 bridgehead atoms. The number of nitrogens with one attached hydrogen (secondary N) is 1. The number of rotatable bonds is 7. The van der Waals surface area contributed by atoms with E-state index in [4.69, 9.17) is 9.47 Å². The zero-order valence-electron chi connectivity index (χ0n) is 13.8. The number of hydrogen-bond donors (Lipinski definition) is 1. The van der Waals surface area contributed by atoms with Gasteiger partial charge < -0.3 is 14.8 Å². The number of benzene rings is 1. The number of methoxy groups -OCH3 is 2. The van der Waals surface area contributed by atoms with E-state index in [0.29, 0.717) is 11.8 Å². The lowest BCUT2D eigenvalue weighted by atomic mass is 10.0. The molecule has 5 heteroatoms. The fourth-order valence-electron chi connectivity index (χ4n) is 3.02. The summed E-state index contributed by atoms with van der Waals surface area (Å²) in [5.74, 6) is -0.0154. The van der Waals surface area contributed by atoms with Crippen LogP contribution in [-0.2, 0) is 4.74 Å². The molecule has 22 heavy (non-hydrogen) atoms. The van der Waals surface area contributed by atoms with Crippen LogP contribution < -0.4 is 10.1 Å². The van der Waals surface area contributed by atoms with E-state index in [1.807, 2.05) is 6.07 Å². The SMILES string of the molecule is COCCN1CCC[C@H](N[C@@H](C)c2ccc(OC)c(F)c2)C1. The molecular formula is C17H27FN2O2. The van der Waals surface area contributed by atoms with Gasteiger partial charge in [-0.25, -0.2) is 4.39 Å². The molecule has 0 radical (unpaired) electrons. The van der Waals surface area contributed by atoms with Gasteiger partial charge in [0.25, 0.3) is 0 Å². The third kappa shape index (κ3) is 4.66. The van der Waals surface area contributed by atoms with E-state index in [9.17, 15) is 4.39 Å². The van der Waals surface area contributed by atoms with E-state index < -0.39 is 0 Å². The third-order valence-corrected chi connectivity index (χ3v) is 4.28. The van der Waals surface area contributed by atoms with Gasteiger partial charge in [0.05, 0.1) is 13.7 Å². The molecule has 2 rings (SSSR count). The number of piperidine rings is 1. The van der Waals surface area contributed by atoms with Gasteiger partial charge in [-0.05, 0) is 44.0 Å². The van der Waals surface area contributed by atoms with E-state index >= 15 is 0 Å². The molecule has 2 atom stereocenters. The molecule has 0 aromatic heterocycles. The second-order valence-electron chi connectivity index (χ2n) is 5.91. The van der Waals surface area contributed by atoms with Crippen molar-refractivity contribution in [2.45, 2.75) is 31.8 Å². The van der Waals surface area contributed by atoms with Crippen molar-refractivity contribution in [1.82, 2.24) is 10.2 Å². The summed E-state index contributed by atoms with van der Waals surface area (Å²) in [6, 6.07) is 5.72. The predicted octanol–water partition coefficient (Wildman–Crippen LogP) is 2.60. The fraction of sp³-hybridized carbons (Fsp3) is 0.647. The third-order valence-electron chi connectivity index (χ3n) is 4.28. The maximum Gasteiger partial charge on any atom is 0.165 e. The maximum atomic E-state index is 13.8. The molecule has 0 saturated carbocycles. The molecule has 0 spiro atoms. The second-order valence-corrected chi connectivity index (χ2v) is 5.91. The Kier molecular flexibility index (Phi) is 6.61. The van der Waals surface area contributed by atoms with Crippen LogP contribution in [0.3, 0.4) is 0 Å². The lowest BCUT2D eigenvalue weighted by Crippen LogP contribution is -2.47. The minimum Gasteiger partial charge on any atom is -0.494 e. The van der Waals surface area contributed by atoms with Crippen molar-refractivity contribution >= 4 is 0 Å². The molecule has 0 aliphatic carbocycles. The van der Waals surface area contributed by atoms with Gasteiger partial charge in [0.15, 0.2) is 11.6 Å². The summed E-state index contributed by atoms with van der Waals surface area (Å²) in [6.07, 6.45) is 2.34. The van der Waals surface area contributed by atoms with Crippen LogP contribution in [0.4, 0.5) is 4.39 Å². The molecule has 1 aromatic rings. The zero-order chi connectivity index (χ0) is 15.9. The summed E-state index contributed by atoms with van der Waals surface area (Å²) >= 11 is 0. The fourth-order valence-corrected chi connectivity index (χ4v) is 3.02. The van der Waals surface area contributed by atoms with Crippen LogP contribution in [-0.4, -0.2) is 51.4 Å². The molecule has 1 aliphatic heterocycles. The number of likely N-dealkylation sites (tertiary alicyclic amines) is 1. The molecule has 1 heterocycles. The van der Waals surface area contributed by atoms with Gasteiger partial charge in [0.2, 0.25) is 0 Å². The zero-order valence-corrected chi connectivity index (χ0v) is 13.8. The van der Waals surface area contributed by atoms with E-state index in [0.717, 1.165) is 38.2 Å². The maximum absolute atomic E-state index is 13.8. The molecular weight excluding hydrogens is 283 g/mol. The van der Waals surface area contributed by atoms with Gasteiger partial charge >= 0.3 is 0 Å². The first-order chi connectivity index (χ1) is 10.6. The predicted molar refractivity (Wildman–Crippen MR) is 85.8 cm³/mol. The Labute approximate surface area is 132 Å². The van der Waals surface area contributed by atoms with Crippen molar-refractivity contribution in [1.29, 1.82) is 0 Å². The first-order valence-corrected chi connectivity index (χ1v) is 7.94. The summed E-state index contributed by atoms with van der Waals surface area (Å²) in [5.41, 5.74) is 0.951. The average molecular weight is 310 g/mol. The minimum atomic E-state index is -0.306. The van der Waals surface area contributed by atoms with Crippen molar-refractivity contribution in [2.75, 3.05) is 40.5 Å². The second kappa shape index (κ2) is 8.46. The lowest BCUT2D eigenvalue weighted by molar-refractivity contribution is 0.120. The molecule has 4 nitrogen and oxygen atoms in total. The van der Waals surface area contributed by atoms with Crippen LogP contribution in [0.25, 0.3) is 0 Å². The van der Waals surface area contributed by atoms with Crippen LogP contribution in [0, 0.1) is 5.82 Å². The number of nitrogens with zero attached hydrogens (tertiary/aromatic N) is 1. The normalized spacial score (nSPS) is 20.8. The number of hydrogen-bond acceptors (Lipinski definition) is 4. The first kappa shape index (κ1) is 17.2. The lowest BCUT2D eigenvalue weighted by Gasteiger charge is -2.34. The highest BCUT2D eigenvalue weighted by atomic mass is 19.1. The van der Waals surface area contributed by atoms with Crippen LogP contribution in [0.1, 0.15) is 31.4 Å². The van der Waals surface area contributed by atoms with Gasteiger partial charge in [-0.15, -0.1) is 0 Å². The van der Waals surface area contributed by atoms with Crippen LogP contribution in [0.2, 0.25) is 0 Å². The summed E-state index contributed by atoms with van der Waals surface area (Å²) in [6.45, 7) is 5.97. The van der Waals surface area contributed by atoms with E-state index in [1.54, 1.807) is 19.2 Å². The summed E-state index contributed by atoms with van der Waals surface area (Å²) in [5, 5.41) is 3.62. The standard InChI is InChI=1S/C17H27FN2O2/c1-13(14-6-7-17(22-3)16(18)11-14)19-15-5-4-8-20(12-15)9-10-21-2/h6-7,11,13,15,19H,4-5,8-10,12H2,1-3H3/t13-,15-/m0/s1. The van der Waals surface area contributed by atoms with Gasteiger partial charge in [-0.2, -0.15) is 0 Å². The summed E-state index contributed by atoms with van der Waals surface area (Å²) < 4.78 is 23.9. The van der Waals surface area contributed by atoms with Gasteiger partial charge in [-0.1, -0.05) is 6.07 Å². The number of halogens is 1. The smallest absolute Gasteiger partial charge is 0.165 e.